The highest BCUT2D eigenvalue weighted by Gasteiger charge is 2.23. The number of carbonyl (C=O) groups excluding carboxylic acids is 1. The Kier molecular flexibility index (Phi) is 7.66. The summed E-state index contributed by atoms with van der Waals surface area (Å²) in [5.41, 5.74) is 1.93. The first-order valence-corrected chi connectivity index (χ1v) is 11.6. The van der Waals surface area contributed by atoms with Gasteiger partial charge in [-0.1, -0.05) is 12.1 Å². The molecule has 3 rings (SSSR count). The zero-order chi connectivity index (χ0) is 22.4. The van der Waals surface area contributed by atoms with Crippen molar-refractivity contribution >= 4 is 21.6 Å². The van der Waals surface area contributed by atoms with Gasteiger partial charge in [-0.25, -0.2) is 12.7 Å². The van der Waals surface area contributed by atoms with E-state index in [4.69, 9.17) is 9.47 Å². The highest BCUT2D eigenvalue weighted by Crippen LogP contribution is 2.29. The predicted octanol–water partition coefficient (Wildman–Crippen LogP) is 2.42. The number of benzene rings is 2. The third-order valence-electron chi connectivity index (χ3n) is 4.96. The van der Waals surface area contributed by atoms with Gasteiger partial charge in [-0.3, -0.25) is 9.69 Å². The molecule has 1 fully saturated rings. The van der Waals surface area contributed by atoms with E-state index in [1.165, 1.54) is 20.2 Å². The minimum atomic E-state index is -3.73. The SMILES string of the molecule is CCOc1ccc(NC(=O)c2cccc(CN3CCOCC3)c2)cc1S(=O)(=O)N(C)C. The van der Waals surface area contributed by atoms with E-state index < -0.39 is 10.0 Å². The summed E-state index contributed by atoms with van der Waals surface area (Å²) in [6.07, 6.45) is 0. The van der Waals surface area contributed by atoms with Crippen LogP contribution in [0.25, 0.3) is 0 Å². The molecule has 2 aromatic carbocycles. The van der Waals surface area contributed by atoms with Gasteiger partial charge in [-0.2, -0.15) is 0 Å². The van der Waals surface area contributed by atoms with Gasteiger partial charge in [0.1, 0.15) is 10.6 Å². The monoisotopic (exact) mass is 447 g/mol. The number of hydrogen-bond donors (Lipinski definition) is 1. The van der Waals surface area contributed by atoms with Crippen LogP contribution in [0.2, 0.25) is 0 Å². The van der Waals surface area contributed by atoms with Crippen LogP contribution in [0.1, 0.15) is 22.8 Å². The maximum absolute atomic E-state index is 12.8. The van der Waals surface area contributed by atoms with E-state index in [2.05, 4.69) is 10.2 Å². The van der Waals surface area contributed by atoms with Crippen molar-refractivity contribution in [3.63, 3.8) is 0 Å². The Balaban J connectivity index is 1.79. The Bertz CT molecular complexity index is 1020. The van der Waals surface area contributed by atoms with Gasteiger partial charge in [0.05, 0.1) is 19.8 Å². The molecule has 1 aliphatic heterocycles. The molecular weight excluding hydrogens is 418 g/mol. The number of carbonyl (C=O) groups is 1. The molecule has 0 radical (unpaired) electrons. The second-order valence-electron chi connectivity index (χ2n) is 7.42. The molecule has 8 nitrogen and oxygen atoms in total. The van der Waals surface area contributed by atoms with Gasteiger partial charge in [0.25, 0.3) is 5.91 Å². The van der Waals surface area contributed by atoms with Crippen molar-refractivity contribution in [3.8, 4) is 5.75 Å². The van der Waals surface area contributed by atoms with Crippen LogP contribution in [-0.2, 0) is 21.3 Å². The van der Waals surface area contributed by atoms with E-state index in [0.717, 1.165) is 42.7 Å². The van der Waals surface area contributed by atoms with Gasteiger partial charge in [0.15, 0.2) is 0 Å². The number of nitrogens with one attached hydrogen (secondary N) is 1. The number of nitrogens with zero attached hydrogens (tertiary/aromatic N) is 2. The van der Waals surface area contributed by atoms with Crippen LogP contribution in [0, 0.1) is 0 Å². The minimum absolute atomic E-state index is 0.0122. The van der Waals surface area contributed by atoms with Crippen molar-refractivity contribution in [1.82, 2.24) is 9.21 Å². The number of ether oxygens (including phenoxy) is 2. The third-order valence-corrected chi connectivity index (χ3v) is 6.80. The Morgan fingerprint density at radius 1 is 1.16 bits per heavy atom. The average molecular weight is 448 g/mol. The Labute approximate surface area is 183 Å². The molecule has 0 saturated carbocycles. The molecule has 0 bridgehead atoms. The van der Waals surface area contributed by atoms with Gasteiger partial charge in [0.2, 0.25) is 10.0 Å². The number of amides is 1. The molecule has 168 valence electrons. The third kappa shape index (κ3) is 5.82. The lowest BCUT2D eigenvalue weighted by Crippen LogP contribution is -2.35. The molecule has 1 aliphatic rings. The largest absolute Gasteiger partial charge is 0.492 e. The lowest BCUT2D eigenvalue weighted by atomic mass is 10.1. The fraction of sp³-hybridized carbons (Fsp3) is 0.409. The molecular formula is C22H29N3O5S. The fourth-order valence-electron chi connectivity index (χ4n) is 3.29. The minimum Gasteiger partial charge on any atom is -0.492 e. The maximum Gasteiger partial charge on any atom is 0.255 e. The average Bonchev–Trinajstić information content (AvgIpc) is 2.75. The zero-order valence-electron chi connectivity index (χ0n) is 18.1. The molecule has 31 heavy (non-hydrogen) atoms. The van der Waals surface area contributed by atoms with Crippen LogP contribution >= 0.6 is 0 Å². The second kappa shape index (κ2) is 10.2. The number of sulfonamides is 1. The van der Waals surface area contributed by atoms with Crippen LogP contribution in [0.15, 0.2) is 47.4 Å². The molecule has 1 N–H and O–H groups in total. The lowest BCUT2D eigenvalue weighted by Gasteiger charge is -2.26. The van der Waals surface area contributed by atoms with E-state index in [1.54, 1.807) is 25.1 Å². The van der Waals surface area contributed by atoms with E-state index in [1.807, 2.05) is 18.2 Å². The first-order valence-electron chi connectivity index (χ1n) is 10.2. The molecule has 9 heteroatoms. The fourth-order valence-corrected chi connectivity index (χ4v) is 4.34. The topological polar surface area (TPSA) is 88.2 Å². The molecule has 1 saturated heterocycles. The van der Waals surface area contributed by atoms with Crippen molar-refractivity contribution < 1.29 is 22.7 Å². The number of morpholine rings is 1. The smallest absolute Gasteiger partial charge is 0.255 e. The van der Waals surface area contributed by atoms with Gasteiger partial charge >= 0.3 is 0 Å². The second-order valence-corrected chi connectivity index (χ2v) is 9.55. The normalized spacial score (nSPS) is 15.1. The highest BCUT2D eigenvalue weighted by atomic mass is 32.2. The van der Waals surface area contributed by atoms with Crippen LogP contribution < -0.4 is 10.1 Å². The molecule has 1 heterocycles. The standard InChI is InChI=1S/C22H29N3O5S/c1-4-30-20-9-8-19(15-21(20)31(27,28)24(2)3)23-22(26)18-7-5-6-17(14-18)16-25-10-12-29-13-11-25/h5-9,14-15H,4,10-13,16H2,1-3H3,(H,23,26). The van der Waals surface area contributed by atoms with E-state index in [9.17, 15) is 13.2 Å². The summed E-state index contributed by atoms with van der Waals surface area (Å²) >= 11 is 0. The lowest BCUT2D eigenvalue weighted by molar-refractivity contribution is 0.0342. The Morgan fingerprint density at radius 2 is 1.90 bits per heavy atom. The number of rotatable bonds is 8. The summed E-state index contributed by atoms with van der Waals surface area (Å²) in [5.74, 6) is -0.0529. The summed E-state index contributed by atoms with van der Waals surface area (Å²) < 4.78 is 37.3. The molecule has 0 atom stereocenters. The Morgan fingerprint density at radius 3 is 2.58 bits per heavy atom. The maximum atomic E-state index is 12.8. The molecule has 2 aromatic rings. The predicted molar refractivity (Wildman–Crippen MR) is 119 cm³/mol. The van der Waals surface area contributed by atoms with Crippen molar-refractivity contribution in [2.45, 2.75) is 18.4 Å². The van der Waals surface area contributed by atoms with Crippen LogP contribution in [0.3, 0.4) is 0 Å². The van der Waals surface area contributed by atoms with Crippen molar-refractivity contribution in [2.75, 3.05) is 52.3 Å². The molecule has 0 unspecified atom stereocenters. The van der Waals surface area contributed by atoms with E-state index in [0.29, 0.717) is 17.9 Å². The van der Waals surface area contributed by atoms with Crippen molar-refractivity contribution in [1.29, 1.82) is 0 Å². The summed E-state index contributed by atoms with van der Waals surface area (Å²) in [7, 11) is -0.825. The molecule has 0 spiro atoms. The zero-order valence-corrected chi connectivity index (χ0v) is 18.9. The van der Waals surface area contributed by atoms with Crippen LogP contribution in [0.4, 0.5) is 5.69 Å². The van der Waals surface area contributed by atoms with Gasteiger partial charge in [-0.15, -0.1) is 0 Å². The van der Waals surface area contributed by atoms with Crippen LogP contribution in [-0.4, -0.2) is 70.5 Å². The van der Waals surface area contributed by atoms with Crippen molar-refractivity contribution in [3.05, 3.63) is 53.6 Å². The highest BCUT2D eigenvalue weighted by molar-refractivity contribution is 7.89. The first-order chi connectivity index (χ1) is 14.8. The molecule has 1 amide bonds. The Hall–Kier alpha value is -2.46. The van der Waals surface area contributed by atoms with Gasteiger partial charge in [0, 0.05) is 45.0 Å². The van der Waals surface area contributed by atoms with Crippen LogP contribution in [0.5, 0.6) is 5.75 Å². The van der Waals surface area contributed by atoms with Gasteiger partial charge < -0.3 is 14.8 Å². The quantitative estimate of drug-likeness (QED) is 0.669. The molecule has 0 aliphatic carbocycles. The number of anilines is 1. The number of hydrogen-bond acceptors (Lipinski definition) is 6. The van der Waals surface area contributed by atoms with Crippen molar-refractivity contribution in [2.24, 2.45) is 0 Å². The summed E-state index contributed by atoms with van der Waals surface area (Å²) in [4.78, 5) is 15.1. The molecule has 0 aromatic heterocycles. The summed E-state index contributed by atoms with van der Waals surface area (Å²) in [5, 5.41) is 2.80. The van der Waals surface area contributed by atoms with E-state index >= 15 is 0 Å². The summed E-state index contributed by atoms with van der Waals surface area (Å²) in [6, 6.07) is 12.1. The van der Waals surface area contributed by atoms with Gasteiger partial charge in [-0.05, 0) is 42.8 Å². The first kappa shape index (κ1) is 23.2. The van der Waals surface area contributed by atoms with E-state index in [-0.39, 0.29) is 16.6 Å². The summed E-state index contributed by atoms with van der Waals surface area (Å²) in [6.45, 7) is 6.03.